The number of hydrogen-bond acceptors (Lipinski definition) is 3. The molecule has 0 saturated heterocycles. The van der Waals surface area contributed by atoms with E-state index in [1.807, 2.05) is 19.1 Å². The number of fused-ring (bicyclic) bond motifs is 2. The van der Waals surface area contributed by atoms with E-state index in [0.717, 1.165) is 18.3 Å². The molecule has 1 aromatic heterocycles. The lowest BCUT2D eigenvalue weighted by atomic mass is 9.95. The van der Waals surface area contributed by atoms with Crippen molar-refractivity contribution in [1.29, 1.82) is 0 Å². The van der Waals surface area contributed by atoms with Gasteiger partial charge in [-0.05, 0) is 50.2 Å². The van der Waals surface area contributed by atoms with Gasteiger partial charge in [0.15, 0.2) is 0 Å². The van der Waals surface area contributed by atoms with Gasteiger partial charge < -0.3 is 10.6 Å². The molecule has 2 fully saturated rings. The molecule has 0 spiro atoms. The maximum absolute atomic E-state index is 12.2. The molecule has 1 aromatic rings. The van der Waals surface area contributed by atoms with Crippen LogP contribution in [0.15, 0.2) is 18.3 Å². The third kappa shape index (κ3) is 2.57. The highest BCUT2D eigenvalue weighted by atomic mass is 16.1. The number of carbonyl (C=O) groups excluding carboxylic acids is 1. The first-order valence-corrected chi connectivity index (χ1v) is 7.27. The summed E-state index contributed by atoms with van der Waals surface area (Å²) < 4.78 is 0. The summed E-state index contributed by atoms with van der Waals surface area (Å²) in [6, 6.07) is 4.09. The van der Waals surface area contributed by atoms with E-state index in [9.17, 15) is 4.79 Å². The van der Waals surface area contributed by atoms with Crippen LogP contribution in [0, 0.1) is 11.8 Å². The highest BCUT2D eigenvalue weighted by Crippen LogP contribution is 2.44. The molecule has 2 bridgehead atoms. The van der Waals surface area contributed by atoms with E-state index >= 15 is 0 Å². The molecule has 3 atom stereocenters. The second kappa shape index (κ2) is 5.19. The van der Waals surface area contributed by atoms with Crippen molar-refractivity contribution in [2.24, 2.45) is 11.8 Å². The van der Waals surface area contributed by atoms with Crippen molar-refractivity contribution in [2.75, 3.05) is 11.9 Å². The molecule has 1 heterocycles. The Morgan fingerprint density at radius 1 is 1.37 bits per heavy atom. The molecular formula is C15H21N3O. The smallest absolute Gasteiger partial charge is 0.253 e. The zero-order valence-electron chi connectivity index (χ0n) is 11.4. The molecule has 2 saturated carbocycles. The fourth-order valence-corrected chi connectivity index (χ4v) is 3.49. The van der Waals surface area contributed by atoms with Crippen LogP contribution in [0.4, 0.5) is 5.82 Å². The van der Waals surface area contributed by atoms with Crippen LogP contribution in [0.25, 0.3) is 0 Å². The van der Waals surface area contributed by atoms with E-state index in [4.69, 9.17) is 0 Å². The van der Waals surface area contributed by atoms with Crippen molar-refractivity contribution >= 4 is 11.7 Å². The van der Waals surface area contributed by atoms with Crippen LogP contribution in [-0.4, -0.2) is 23.5 Å². The molecule has 0 aromatic carbocycles. The average Bonchev–Trinajstić information content (AvgIpc) is 3.02. The molecule has 4 heteroatoms. The summed E-state index contributed by atoms with van der Waals surface area (Å²) in [6.07, 6.45) is 6.77. The first-order valence-electron chi connectivity index (χ1n) is 7.27. The van der Waals surface area contributed by atoms with Gasteiger partial charge in [0, 0.05) is 18.8 Å². The number of aromatic nitrogens is 1. The lowest BCUT2D eigenvalue weighted by Gasteiger charge is -2.22. The second-order valence-corrected chi connectivity index (χ2v) is 5.72. The summed E-state index contributed by atoms with van der Waals surface area (Å²) in [6.45, 7) is 2.86. The van der Waals surface area contributed by atoms with E-state index < -0.39 is 0 Å². The number of nitrogens with zero attached hydrogens (tertiary/aromatic N) is 1. The van der Waals surface area contributed by atoms with E-state index in [-0.39, 0.29) is 5.91 Å². The predicted octanol–water partition coefficient (Wildman–Crippen LogP) is 2.43. The van der Waals surface area contributed by atoms with Gasteiger partial charge in [0.2, 0.25) is 0 Å². The van der Waals surface area contributed by atoms with Gasteiger partial charge in [-0.1, -0.05) is 6.42 Å². The van der Waals surface area contributed by atoms with Gasteiger partial charge in [0.1, 0.15) is 5.82 Å². The first-order chi connectivity index (χ1) is 9.26. The highest BCUT2D eigenvalue weighted by Gasteiger charge is 2.40. The molecule has 2 aliphatic rings. The van der Waals surface area contributed by atoms with Gasteiger partial charge >= 0.3 is 0 Å². The van der Waals surface area contributed by atoms with Crippen molar-refractivity contribution < 1.29 is 4.79 Å². The summed E-state index contributed by atoms with van der Waals surface area (Å²) in [5.74, 6) is 2.40. The standard InChI is InChI=1S/C15H21N3O/c1-2-16-14-6-5-12(9-17-14)15(19)18-13-8-10-3-4-11(13)7-10/h5-6,9-11,13H,2-4,7-8H2,1H3,(H,16,17)(H,18,19). The molecule has 1 amide bonds. The summed E-state index contributed by atoms with van der Waals surface area (Å²) in [7, 11) is 0. The third-order valence-corrected chi connectivity index (χ3v) is 4.44. The van der Waals surface area contributed by atoms with Gasteiger partial charge in [-0.3, -0.25) is 4.79 Å². The highest BCUT2D eigenvalue weighted by molar-refractivity contribution is 5.94. The van der Waals surface area contributed by atoms with E-state index in [0.29, 0.717) is 17.5 Å². The fourth-order valence-electron chi connectivity index (χ4n) is 3.49. The minimum atomic E-state index is 0.0214. The zero-order valence-corrected chi connectivity index (χ0v) is 11.4. The summed E-state index contributed by atoms with van der Waals surface area (Å²) in [4.78, 5) is 16.4. The molecule has 4 nitrogen and oxygen atoms in total. The minimum Gasteiger partial charge on any atom is -0.370 e. The topological polar surface area (TPSA) is 54.0 Å². The fraction of sp³-hybridized carbons (Fsp3) is 0.600. The van der Waals surface area contributed by atoms with Crippen LogP contribution < -0.4 is 10.6 Å². The SMILES string of the molecule is CCNc1ccc(C(=O)NC2CC3CCC2C3)cn1. The van der Waals surface area contributed by atoms with Crippen molar-refractivity contribution in [3.05, 3.63) is 23.9 Å². The van der Waals surface area contributed by atoms with E-state index in [1.54, 1.807) is 6.20 Å². The Balaban J connectivity index is 1.60. The van der Waals surface area contributed by atoms with Gasteiger partial charge in [0.05, 0.1) is 5.56 Å². The van der Waals surface area contributed by atoms with Crippen LogP contribution in [0.5, 0.6) is 0 Å². The number of rotatable bonds is 4. The predicted molar refractivity (Wildman–Crippen MR) is 75.1 cm³/mol. The zero-order chi connectivity index (χ0) is 13.2. The molecule has 102 valence electrons. The second-order valence-electron chi connectivity index (χ2n) is 5.72. The molecule has 2 aliphatic carbocycles. The van der Waals surface area contributed by atoms with Crippen LogP contribution >= 0.6 is 0 Å². The average molecular weight is 259 g/mol. The van der Waals surface area contributed by atoms with E-state index in [2.05, 4.69) is 15.6 Å². The van der Waals surface area contributed by atoms with Crippen LogP contribution in [0.3, 0.4) is 0 Å². The molecule has 3 rings (SSSR count). The number of amides is 1. The van der Waals surface area contributed by atoms with Gasteiger partial charge in [-0.15, -0.1) is 0 Å². The van der Waals surface area contributed by atoms with Crippen molar-refractivity contribution in [3.63, 3.8) is 0 Å². The quantitative estimate of drug-likeness (QED) is 0.873. The van der Waals surface area contributed by atoms with Crippen LogP contribution in [-0.2, 0) is 0 Å². The van der Waals surface area contributed by atoms with Crippen molar-refractivity contribution in [3.8, 4) is 0 Å². The Morgan fingerprint density at radius 2 is 2.26 bits per heavy atom. The van der Waals surface area contributed by atoms with Crippen molar-refractivity contribution in [2.45, 2.75) is 38.6 Å². The van der Waals surface area contributed by atoms with Crippen LogP contribution in [0.1, 0.15) is 43.0 Å². The Morgan fingerprint density at radius 3 is 2.84 bits per heavy atom. The maximum Gasteiger partial charge on any atom is 0.253 e. The Kier molecular flexibility index (Phi) is 3.40. The molecule has 3 unspecified atom stereocenters. The van der Waals surface area contributed by atoms with Gasteiger partial charge in [0.25, 0.3) is 5.91 Å². The third-order valence-electron chi connectivity index (χ3n) is 4.44. The maximum atomic E-state index is 12.2. The van der Waals surface area contributed by atoms with E-state index in [1.165, 1.54) is 25.7 Å². The largest absolute Gasteiger partial charge is 0.370 e. The number of hydrogen-bond donors (Lipinski definition) is 2. The number of pyridine rings is 1. The number of anilines is 1. The lowest BCUT2D eigenvalue weighted by Crippen LogP contribution is -2.38. The molecule has 0 radical (unpaired) electrons. The first kappa shape index (κ1) is 12.5. The van der Waals surface area contributed by atoms with Crippen LogP contribution in [0.2, 0.25) is 0 Å². The molecule has 0 aliphatic heterocycles. The molecular weight excluding hydrogens is 238 g/mol. The summed E-state index contributed by atoms with van der Waals surface area (Å²) >= 11 is 0. The van der Waals surface area contributed by atoms with Gasteiger partial charge in [-0.2, -0.15) is 0 Å². The van der Waals surface area contributed by atoms with Crippen molar-refractivity contribution in [1.82, 2.24) is 10.3 Å². The lowest BCUT2D eigenvalue weighted by molar-refractivity contribution is 0.0922. The summed E-state index contributed by atoms with van der Waals surface area (Å²) in [5.41, 5.74) is 0.657. The number of nitrogens with one attached hydrogen (secondary N) is 2. The Bertz CT molecular complexity index is 457. The monoisotopic (exact) mass is 259 g/mol. The minimum absolute atomic E-state index is 0.0214. The number of carbonyl (C=O) groups is 1. The summed E-state index contributed by atoms with van der Waals surface area (Å²) in [5, 5.41) is 6.30. The van der Waals surface area contributed by atoms with Gasteiger partial charge in [-0.25, -0.2) is 4.98 Å². The normalized spacial score (nSPS) is 28.4. The molecule has 19 heavy (non-hydrogen) atoms. The Hall–Kier alpha value is -1.58. The molecule has 2 N–H and O–H groups in total. The Labute approximate surface area is 114 Å².